The Bertz CT molecular complexity index is 186. The standard InChI is InChI=1S/C5H9N3O/c1-2-3-4(6)8-9-5(3)7/h2,7H2,1H3,(H2,6,8). The van der Waals surface area contributed by atoms with Crippen LogP contribution < -0.4 is 11.5 Å². The summed E-state index contributed by atoms with van der Waals surface area (Å²) in [5, 5.41) is 3.46. The van der Waals surface area contributed by atoms with Crippen molar-refractivity contribution < 1.29 is 4.52 Å². The maximum absolute atomic E-state index is 5.37. The van der Waals surface area contributed by atoms with Crippen molar-refractivity contribution in [2.24, 2.45) is 0 Å². The topological polar surface area (TPSA) is 78.1 Å². The van der Waals surface area contributed by atoms with Gasteiger partial charge in [-0.3, -0.25) is 0 Å². The molecule has 4 nitrogen and oxygen atoms in total. The van der Waals surface area contributed by atoms with Crippen LogP contribution in [0.4, 0.5) is 11.7 Å². The lowest BCUT2D eigenvalue weighted by molar-refractivity contribution is 0.439. The van der Waals surface area contributed by atoms with Crippen molar-refractivity contribution in [2.75, 3.05) is 11.5 Å². The summed E-state index contributed by atoms with van der Waals surface area (Å²) in [5.74, 6) is 0.727. The van der Waals surface area contributed by atoms with Crippen molar-refractivity contribution in [3.63, 3.8) is 0 Å². The van der Waals surface area contributed by atoms with Crippen LogP contribution in [-0.4, -0.2) is 5.16 Å². The molecule has 1 heterocycles. The smallest absolute Gasteiger partial charge is 0.227 e. The molecule has 0 radical (unpaired) electrons. The minimum absolute atomic E-state index is 0.329. The summed E-state index contributed by atoms with van der Waals surface area (Å²) in [6.45, 7) is 1.94. The lowest BCUT2D eigenvalue weighted by Gasteiger charge is -1.88. The molecule has 0 unspecified atom stereocenters. The lowest BCUT2D eigenvalue weighted by atomic mass is 10.2. The number of aromatic nitrogens is 1. The van der Waals surface area contributed by atoms with E-state index in [4.69, 9.17) is 11.5 Å². The summed E-state index contributed by atoms with van der Waals surface area (Å²) in [6, 6.07) is 0. The highest BCUT2D eigenvalue weighted by Crippen LogP contribution is 2.17. The molecule has 0 aromatic carbocycles. The summed E-state index contributed by atoms with van der Waals surface area (Å²) in [7, 11) is 0. The average Bonchev–Trinajstić information content (AvgIpc) is 2.12. The van der Waals surface area contributed by atoms with E-state index in [0.29, 0.717) is 11.7 Å². The molecule has 1 rings (SSSR count). The van der Waals surface area contributed by atoms with Crippen molar-refractivity contribution in [3.05, 3.63) is 5.56 Å². The number of hydrogen-bond acceptors (Lipinski definition) is 4. The van der Waals surface area contributed by atoms with Gasteiger partial charge in [-0.25, -0.2) is 0 Å². The van der Waals surface area contributed by atoms with Crippen LogP contribution in [0.1, 0.15) is 12.5 Å². The third kappa shape index (κ3) is 0.826. The number of hydrogen-bond donors (Lipinski definition) is 2. The molecule has 4 heteroatoms. The van der Waals surface area contributed by atoms with Gasteiger partial charge in [-0.1, -0.05) is 12.1 Å². The summed E-state index contributed by atoms with van der Waals surface area (Å²) in [5.41, 5.74) is 11.5. The molecule has 0 spiro atoms. The number of nitrogen functional groups attached to an aromatic ring is 2. The zero-order valence-electron chi connectivity index (χ0n) is 5.22. The van der Waals surface area contributed by atoms with Gasteiger partial charge in [0.25, 0.3) is 0 Å². The molecule has 0 atom stereocenters. The molecule has 0 aliphatic carbocycles. The zero-order valence-corrected chi connectivity index (χ0v) is 5.22. The molecule has 0 saturated heterocycles. The van der Waals surface area contributed by atoms with Crippen LogP contribution in [0.25, 0.3) is 0 Å². The van der Waals surface area contributed by atoms with E-state index >= 15 is 0 Å². The van der Waals surface area contributed by atoms with Gasteiger partial charge in [-0.05, 0) is 6.42 Å². The maximum atomic E-state index is 5.37. The first-order chi connectivity index (χ1) is 4.25. The van der Waals surface area contributed by atoms with E-state index in [1.165, 1.54) is 0 Å². The number of nitrogens with zero attached hydrogens (tertiary/aromatic N) is 1. The van der Waals surface area contributed by atoms with Crippen molar-refractivity contribution in [1.29, 1.82) is 0 Å². The first-order valence-electron chi connectivity index (χ1n) is 2.75. The molecular weight excluding hydrogens is 118 g/mol. The van der Waals surface area contributed by atoms with Gasteiger partial charge in [-0.2, -0.15) is 0 Å². The first kappa shape index (κ1) is 5.94. The Labute approximate surface area is 52.8 Å². The molecule has 4 N–H and O–H groups in total. The van der Waals surface area contributed by atoms with Crippen molar-refractivity contribution in [1.82, 2.24) is 5.16 Å². The first-order valence-corrected chi connectivity index (χ1v) is 2.75. The monoisotopic (exact) mass is 127 g/mol. The summed E-state index contributed by atoms with van der Waals surface area (Å²) in [6.07, 6.45) is 0.765. The average molecular weight is 127 g/mol. The normalized spacial score (nSPS) is 9.89. The highest BCUT2D eigenvalue weighted by atomic mass is 16.5. The predicted molar refractivity (Wildman–Crippen MR) is 34.7 cm³/mol. The second-order valence-corrected chi connectivity index (χ2v) is 1.76. The number of nitrogens with two attached hydrogens (primary N) is 2. The van der Waals surface area contributed by atoms with Gasteiger partial charge in [-0.15, -0.1) is 0 Å². The van der Waals surface area contributed by atoms with Gasteiger partial charge in [0, 0.05) is 0 Å². The molecule has 0 aliphatic rings. The Morgan fingerprint density at radius 1 is 1.56 bits per heavy atom. The summed E-state index contributed by atoms with van der Waals surface area (Å²) >= 11 is 0. The van der Waals surface area contributed by atoms with Crippen LogP contribution in [0.3, 0.4) is 0 Å². The van der Waals surface area contributed by atoms with Crippen molar-refractivity contribution in [2.45, 2.75) is 13.3 Å². The fraction of sp³-hybridized carbons (Fsp3) is 0.400. The van der Waals surface area contributed by atoms with Gasteiger partial charge in [0.05, 0.1) is 5.56 Å². The van der Waals surface area contributed by atoms with Crippen LogP contribution in [0.15, 0.2) is 4.52 Å². The van der Waals surface area contributed by atoms with Gasteiger partial charge in [0.1, 0.15) is 0 Å². The highest BCUT2D eigenvalue weighted by molar-refractivity contribution is 5.50. The second-order valence-electron chi connectivity index (χ2n) is 1.76. The van der Waals surface area contributed by atoms with Crippen LogP contribution >= 0.6 is 0 Å². The molecule has 0 fully saturated rings. The second kappa shape index (κ2) is 1.97. The Morgan fingerprint density at radius 3 is 2.44 bits per heavy atom. The van der Waals surface area contributed by atoms with E-state index in [1.54, 1.807) is 0 Å². The van der Waals surface area contributed by atoms with Gasteiger partial charge in [0.15, 0.2) is 5.82 Å². The summed E-state index contributed by atoms with van der Waals surface area (Å²) < 4.78 is 4.59. The molecule has 0 bridgehead atoms. The highest BCUT2D eigenvalue weighted by Gasteiger charge is 2.06. The van der Waals surface area contributed by atoms with E-state index < -0.39 is 0 Å². The molecule has 9 heavy (non-hydrogen) atoms. The largest absolute Gasteiger partial charge is 0.381 e. The summed E-state index contributed by atoms with van der Waals surface area (Å²) in [4.78, 5) is 0. The Hall–Kier alpha value is -1.19. The van der Waals surface area contributed by atoms with Crippen LogP contribution in [0, 0.1) is 0 Å². The third-order valence-corrected chi connectivity index (χ3v) is 1.20. The molecule has 0 aliphatic heterocycles. The minimum atomic E-state index is 0.329. The SMILES string of the molecule is CCc1c(N)noc1N. The Morgan fingerprint density at radius 2 is 2.22 bits per heavy atom. The molecule has 0 amide bonds. The van der Waals surface area contributed by atoms with Crippen LogP contribution in [0.2, 0.25) is 0 Å². The maximum Gasteiger partial charge on any atom is 0.227 e. The fourth-order valence-corrected chi connectivity index (χ4v) is 0.690. The zero-order chi connectivity index (χ0) is 6.85. The van der Waals surface area contributed by atoms with Crippen LogP contribution in [-0.2, 0) is 6.42 Å². The molecule has 50 valence electrons. The Kier molecular flexibility index (Phi) is 1.30. The van der Waals surface area contributed by atoms with Crippen molar-refractivity contribution >= 4 is 11.7 Å². The van der Waals surface area contributed by atoms with E-state index in [0.717, 1.165) is 12.0 Å². The minimum Gasteiger partial charge on any atom is -0.381 e. The molecule has 0 saturated carbocycles. The molecular formula is C5H9N3O. The van der Waals surface area contributed by atoms with Gasteiger partial charge >= 0.3 is 0 Å². The number of rotatable bonds is 1. The molecule has 1 aromatic rings. The lowest BCUT2D eigenvalue weighted by Crippen LogP contribution is -1.92. The van der Waals surface area contributed by atoms with E-state index in [-0.39, 0.29) is 0 Å². The molecule has 1 aromatic heterocycles. The van der Waals surface area contributed by atoms with Crippen molar-refractivity contribution in [3.8, 4) is 0 Å². The van der Waals surface area contributed by atoms with E-state index in [2.05, 4.69) is 9.68 Å². The van der Waals surface area contributed by atoms with Crippen LogP contribution in [0.5, 0.6) is 0 Å². The van der Waals surface area contributed by atoms with Gasteiger partial charge < -0.3 is 16.0 Å². The van der Waals surface area contributed by atoms with E-state index in [1.807, 2.05) is 6.92 Å². The van der Waals surface area contributed by atoms with E-state index in [9.17, 15) is 0 Å². The van der Waals surface area contributed by atoms with Gasteiger partial charge in [0.2, 0.25) is 5.88 Å². The Balaban J connectivity index is 3.07. The third-order valence-electron chi connectivity index (χ3n) is 1.20. The predicted octanol–water partition coefficient (Wildman–Crippen LogP) is 0.401. The fourth-order valence-electron chi connectivity index (χ4n) is 0.690. The number of anilines is 2. The quantitative estimate of drug-likeness (QED) is 0.572.